The Hall–Kier alpha value is -0.130. The minimum atomic E-state index is -3.04. The summed E-state index contributed by atoms with van der Waals surface area (Å²) in [4.78, 5) is 6.80. The number of hydrogen-bond acceptors (Lipinski definition) is 4. The molecule has 1 atom stereocenters. The van der Waals surface area contributed by atoms with Crippen LogP contribution in [-0.4, -0.2) is 82.8 Å². The molecule has 1 unspecified atom stereocenters. The average molecular weight is 486 g/mol. The number of guanidine groups is 1. The van der Waals surface area contributed by atoms with Gasteiger partial charge in [-0.2, -0.15) is 0 Å². The molecule has 9 heteroatoms. The monoisotopic (exact) mass is 486 g/mol. The second-order valence-corrected chi connectivity index (χ2v) is 9.49. The molecular formula is C16H31IN4O3S. The van der Waals surface area contributed by atoms with Gasteiger partial charge in [0.05, 0.1) is 12.9 Å². The second kappa shape index (κ2) is 8.71. The van der Waals surface area contributed by atoms with E-state index in [-0.39, 0.29) is 24.0 Å². The number of aliphatic imine (C=N–C) groups is 1. The van der Waals surface area contributed by atoms with Crippen LogP contribution in [0.1, 0.15) is 25.7 Å². The van der Waals surface area contributed by atoms with Crippen molar-refractivity contribution >= 4 is 40.0 Å². The average Bonchev–Trinajstić information content (AvgIpc) is 3.18. The number of hydrogen-bond donors (Lipinski definition) is 1. The fourth-order valence-electron chi connectivity index (χ4n) is 4.10. The number of rotatable bonds is 3. The van der Waals surface area contributed by atoms with Crippen molar-refractivity contribution in [1.82, 2.24) is 14.5 Å². The molecule has 0 saturated carbocycles. The lowest BCUT2D eigenvalue weighted by atomic mass is 9.87. The lowest BCUT2D eigenvalue weighted by molar-refractivity contribution is 0.156. The van der Waals surface area contributed by atoms with E-state index in [9.17, 15) is 8.42 Å². The van der Waals surface area contributed by atoms with Crippen LogP contribution in [0.3, 0.4) is 0 Å². The van der Waals surface area contributed by atoms with Gasteiger partial charge >= 0.3 is 0 Å². The maximum Gasteiger partial charge on any atom is 0.211 e. The molecule has 0 radical (unpaired) electrons. The highest BCUT2D eigenvalue weighted by molar-refractivity contribution is 14.0. The Labute approximate surface area is 168 Å². The van der Waals surface area contributed by atoms with Gasteiger partial charge in [0.2, 0.25) is 10.0 Å². The molecule has 3 aliphatic heterocycles. The Bertz CT molecular complexity index is 570. The third-order valence-electron chi connectivity index (χ3n) is 5.73. The highest BCUT2D eigenvalue weighted by atomic mass is 127. The number of sulfonamides is 1. The molecule has 0 bridgehead atoms. The lowest BCUT2D eigenvalue weighted by Crippen LogP contribution is -2.45. The molecule has 0 aromatic carbocycles. The minimum Gasteiger partial charge on any atom is -0.381 e. The standard InChI is InChI=1S/C16H30N4O3S.HI/c1-17-15(19-9-5-16(12-19)6-10-23-13-16)18-11-14-3-7-20(8-4-14)24(2,21)22;/h14H,3-13H2,1-2H3,(H,17,18);1H. The van der Waals surface area contributed by atoms with Gasteiger partial charge in [-0.05, 0) is 31.6 Å². The van der Waals surface area contributed by atoms with Gasteiger partial charge in [0, 0.05) is 51.8 Å². The largest absolute Gasteiger partial charge is 0.381 e. The van der Waals surface area contributed by atoms with E-state index in [0.29, 0.717) is 24.4 Å². The third-order valence-corrected chi connectivity index (χ3v) is 7.03. The van der Waals surface area contributed by atoms with E-state index in [1.54, 1.807) is 4.31 Å². The summed E-state index contributed by atoms with van der Waals surface area (Å²) in [6, 6.07) is 0. The van der Waals surface area contributed by atoms with Crippen molar-refractivity contribution in [3.63, 3.8) is 0 Å². The van der Waals surface area contributed by atoms with Gasteiger partial charge in [-0.25, -0.2) is 12.7 Å². The summed E-state index contributed by atoms with van der Waals surface area (Å²) < 4.78 is 30.3. The Morgan fingerprint density at radius 1 is 1.28 bits per heavy atom. The molecule has 7 nitrogen and oxygen atoms in total. The number of nitrogens with one attached hydrogen (secondary N) is 1. The molecule has 0 amide bonds. The molecule has 146 valence electrons. The Kier molecular flexibility index (Phi) is 7.37. The topological polar surface area (TPSA) is 74.2 Å². The molecule has 0 aromatic rings. The van der Waals surface area contributed by atoms with E-state index in [2.05, 4.69) is 15.2 Å². The Morgan fingerprint density at radius 3 is 2.56 bits per heavy atom. The van der Waals surface area contributed by atoms with Crippen LogP contribution in [0.2, 0.25) is 0 Å². The second-order valence-electron chi connectivity index (χ2n) is 7.51. The van der Waals surface area contributed by atoms with Gasteiger partial charge in [0.1, 0.15) is 0 Å². The van der Waals surface area contributed by atoms with Crippen LogP contribution < -0.4 is 5.32 Å². The highest BCUT2D eigenvalue weighted by Gasteiger charge is 2.42. The molecule has 1 N–H and O–H groups in total. The predicted octanol–water partition coefficient (Wildman–Crippen LogP) is 0.964. The van der Waals surface area contributed by atoms with Gasteiger partial charge in [-0.3, -0.25) is 4.99 Å². The number of halogens is 1. The normalized spacial score (nSPS) is 29.2. The van der Waals surface area contributed by atoms with Crippen LogP contribution in [0.15, 0.2) is 4.99 Å². The van der Waals surface area contributed by atoms with Crippen molar-refractivity contribution in [3.05, 3.63) is 0 Å². The number of ether oxygens (including phenoxy) is 1. The van der Waals surface area contributed by atoms with Crippen LogP contribution in [0.4, 0.5) is 0 Å². The molecule has 3 aliphatic rings. The first-order valence-corrected chi connectivity index (χ1v) is 10.8. The maximum absolute atomic E-state index is 11.6. The number of nitrogens with zero attached hydrogens (tertiary/aromatic N) is 3. The van der Waals surface area contributed by atoms with Gasteiger partial charge in [-0.15, -0.1) is 24.0 Å². The molecule has 25 heavy (non-hydrogen) atoms. The smallest absolute Gasteiger partial charge is 0.211 e. The van der Waals surface area contributed by atoms with E-state index in [1.807, 2.05) is 7.05 Å². The Morgan fingerprint density at radius 2 is 2.00 bits per heavy atom. The van der Waals surface area contributed by atoms with Crippen LogP contribution in [0, 0.1) is 11.3 Å². The zero-order chi connectivity index (χ0) is 17.2. The molecule has 1 spiro atoms. The molecule has 3 saturated heterocycles. The van der Waals surface area contributed by atoms with Crippen molar-refractivity contribution in [2.45, 2.75) is 25.7 Å². The summed E-state index contributed by atoms with van der Waals surface area (Å²) in [5, 5.41) is 3.51. The molecule has 0 aromatic heterocycles. The minimum absolute atomic E-state index is 0. The van der Waals surface area contributed by atoms with Crippen molar-refractivity contribution in [3.8, 4) is 0 Å². The van der Waals surface area contributed by atoms with Gasteiger partial charge in [-0.1, -0.05) is 0 Å². The summed E-state index contributed by atoms with van der Waals surface area (Å²) in [7, 11) is -1.20. The zero-order valence-corrected chi connectivity index (χ0v) is 18.4. The van der Waals surface area contributed by atoms with Crippen molar-refractivity contribution in [2.75, 3.05) is 59.2 Å². The van der Waals surface area contributed by atoms with E-state index in [1.165, 1.54) is 12.7 Å². The summed E-state index contributed by atoms with van der Waals surface area (Å²) in [5.41, 5.74) is 0.332. The Balaban J connectivity index is 0.00000225. The lowest BCUT2D eigenvalue weighted by Gasteiger charge is -2.31. The van der Waals surface area contributed by atoms with Crippen LogP contribution in [0.25, 0.3) is 0 Å². The van der Waals surface area contributed by atoms with E-state index >= 15 is 0 Å². The summed E-state index contributed by atoms with van der Waals surface area (Å²) >= 11 is 0. The van der Waals surface area contributed by atoms with Crippen molar-refractivity contribution < 1.29 is 13.2 Å². The number of piperidine rings is 1. The third kappa shape index (κ3) is 5.20. The van der Waals surface area contributed by atoms with Gasteiger partial charge in [0.15, 0.2) is 5.96 Å². The van der Waals surface area contributed by atoms with E-state index < -0.39 is 10.0 Å². The fraction of sp³-hybridized carbons (Fsp3) is 0.938. The first kappa shape index (κ1) is 21.2. The molecular weight excluding hydrogens is 455 g/mol. The summed E-state index contributed by atoms with van der Waals surface area (Å²) in [5.74, 6) is 1.48. The van der Waals surface area contributed by atoms with E-state index in [0.717, 1.165) is 58.1 Å². The molecule has 0 aliphatic carbocycles. The van der Waals surface area contributed by atoms with Crippen molar-refractivity contribution in [1.29, 1.82) is 0 Å². The molecule has 3 rings (SSSR count). The molecule has 3 fully saturated rings. The number of likely N-dealkylation sites (tertiary alicyclic amines) is 1. The van der Waals surface area contributed by atoms with E-state index in [4.69, 9.17) is 4.74 Å². The van der Waals surface area contributed by atoms with Gasteiger partial charge < -0.3 is 15.0 Å². The van der Waals surface area contributed by atoms with Crippen molar-refractivity contribution in [2.24, 2.45) is 16.3 Å². The first-order valence-electron chi connectivity index (χ1n) is 8.90. The van der Waals surface area contributed by atoms with Crippen LogP contribution in [0.5, 0.6) is 0 Å². The fourth-order valence-corrected chi connectivity index (χ4v) is 4.97. The van der Waals surface area contributed by atoms with Crippen LogP contribution >= 0.6 is 24.0 Å². The highest BCUT2D eigenvalue weighted by Crippen LogP contribution is 2.38. The van der Waals surface area contributed by atoms with Gasteiger partial charge in [0.25, 0.3) is 0 Å². The summed E-state index contributed by atoms with van der Waals surface area (Å²) in [6.07, 6.45) is 5.46. The summed E-state index contributed by atoms with van der Waals surface area (Å²) in [6.45, 7) is 5.96. The predicted molar refractivity (Wildman–Crippen MR) is 110 cm³/mol. The SMILES string of the molecule is CN=C(NCC1CCN(S(C)(=O)=O)CC1)N1CCC2(CCOC2)C1.I. The quantitative estimate of drug-likeness (QED) is 0.366. The molecule has 3 heterocycles. The first-order chi connectivity index (χ1) is 11.4. The maximum atomic E-state index is 11.6. The zero-order valence-electron chi connectivity index (χ0n) is 15.2. The van der Waals surface area contributed by atoms with Crippen LogP contribution in [-0.2, 0) is 14.8 Å².